The van der Waals surface area contributed by atoms with Crippen LogP contribution in [0.5, 0.6) is 0 Å². The number of aromatic nitrogens is 3. The molecule has 1 N–H and O–H groups in total. The zero-order valence-corrected chi connectivity index (χ0v) is 17.4. The molecule has 2 aliphatic rings. The molecule has 5 rings (SSSR count). The molecule has 1 saturated heterocycles. The number of ether oxygens (including phenoxy) is 1. The van der Waals surface area contributed by atoms with Crippen molar-refractivity contribution in [3.8, 4) is 0 Å². The highest BCUT2D eigenvalue weighted by Gasteiger charge is 2.60. The zero-order chi connectivity index (χ0) is 22.8. The third-order valence-corrected chi connectivity index (χ3v) is 6.55. The first-order valence-corrected chi connectivity index (χ1v) is 10.3. The van der Waals surface area contributed by atoms with Crippen LogP contribution >= 0.6 is 0 Å². The van der Waals surface area contributed by atoms with Crippen LogP contribution < -0.4 is 16.4 Å². The topological polar surface area (TPSA) is 78.2 Å². The fraction of sp³-hybridized carbons (Fsp3) is 0.409. The normalized spacial score (nSPS) is 22.9. The summed E-state index contributed by atoms with van der Waals surface area (Å²) in [5, 5.41) is 7.87. The Labute approximate surface area is 180 Å². The minimum atomic E-state index is -2.94. The number of aryl methyl sites for hydroxylation is 1. The third kappa shape index (κ3) is 3.04. The van der Waals surface area contributed by atoms with E-state index in [4.69, 9.17) is 4.74 Å². The molecular formula is C22H21F3N4O3. The Hall–Kier alpha value is -3.14. The van der Waals surface area contributed by atoms with E-state index in [1.807, 2.05) is 0 Å². The number of anilines is 1. The van der Waals surface area contributed by atoms with Crippen molar-refractivity contribution in [3.63, 3.8) is 0 Å². The van der Waals surface area contributed by atoms with Gasteiger partial charge in [-0.2, -0.15) is 5.10 Å². The van der Waals surface area contributed by atoms with Crippen molar-refractivity contribution in [3.05, 3.63) is 68.1 Å². The summed E-state index contributed by atoms with van der Waals surface area (Å²) in [4.78, 5) is 25.5. The molecule has 2 aromatic heterocycles. The summed E-state index contributed by atoms with van der Waals surface area (Å²) < 4.78 is 49.1. The van der Waals surface area contributed by atoms with Crippen LogP contribution in [0.1, 0.15) is 36.9 Å². The Morgan fingerprint density at radius 3 is 2.66 bits per heavy atom. The average molecular weight is 446 g/mol. The number of alkyl halides is 2. The van der Waals surface area contributed by atoms with Gasteiger partial charge >= 0.3 is 0 Å². The van der Waals surface area contributed by atoms with Crippen LogP contribution in [0.15, 0.2) is 40.1 Å². The van der Waals surface area contributed by atoms with Crippen molar-refractivity contribution < 1.29 is 17.9 Å². The summed E-state index contributed by atoms with van der Waals surface area (Å²) in [5.41, 5.74) is -1.79. The van der Waals surface area contributed by atoms with Crippen LogP contribution in [0.2, 0.25) is 0 Å². The molecule has 0 amide bonds. The number of nitrogens with zero attached hydrogens (tertiary/aromatic N) is 3. The van der Waals surface area contributed by atoms with Gasteiger partial charge in [0.05, 0.1) is 35.7 Å². The van der Waals surface area contributed by atoms with E-state index in [2.05, 4.69) is 10.4 Å². The molecule has 10 heteroatoms. The van der Waals surface area contributed by atoms with Crippen LogP contribution in [0.3, 0.4) is 0 Å². The predicted octanol–water partition coefficient (Wildman–Crippen LogP) is 3.09. The van der Waals surface area contributed by atoms with Crippen molar-refractivity contribution in [2.75, 3.05) is 18.5 Å². The van der Waals surface area contributed by atoms with Gasteiger partial charge in [-0.15, -0.1) is 0 Å². The molecule has 3 aromatic rings. The van der Waals surface area contributed by atoms with Gasteiger partial charge in [0, 0.05) is 36.2 Å². The second-order valence-electron chi connectivity index (χ2n) is 8.52. The van der Waals surface area contributed by atoms with E-state index in [-0.39, 0.29) is 28.2 Å². The van der Waals surface area contributed by atoms with Gasteiger partial charge in [-0.1, -0.05) is 18.2 Å². The summed E-state index contributed by atoms with van der Waals surface area (Å²) in [7, 11) is 1.45. The number of benzene rings is 1. The molecule has 0 radical (unpaired) electrons. The minimum absolute atomic E-state index is 0.0463. The average Bonchev–Trinajstić information content (AvgIpc) is 3.31. The number of fused-ring (bicyclic) bond motifs is 2. The number of rotatable bonds is 5. The van der Waals surface area contributed by atoms with E-state index < -0.39 is 34.9 Å². The maximum Gasteiger partial charge on any atom is 0.274 e. The fourth-order valence-corrected chi connectivity index (χ4v) is 4.63. The Morgan fingerprint density at radius 1 is 1.25 bits per heavy atom. The number of pyridine rings is 1. The summed E-state index contributed by atoms with van der Waals surface area (Å²) in [5.74, 6) is -0.493. The van der Waals surface area contributed by atoms with Crippen molar-refractivity contribution >= 4 is 16.6 Å². The van der Waals surface area contributed by atoms with Gasteiger partial charge in [0.15, 0.2) is 5.82 Å². The number of halogens is 3. The van der Waals surface area contributed by atoms with Gasteiger partial charge in [-0.3, -0.25) is 9.59 Å². The molecule has 2 fully saturated rings. The number of hydrogen-bond donors (Lipinski definition) is 1. The Bertz CT molecular complexity index is 1350. The fourth-order valence-electron chi connectivity index (χ4n) is 4.63. The van der Waals surface area contributed by atoms with Crippen molar-refractivity contribution in [2.24, 2.45) is 13.0 Å². The lowest BCUT2D eigenvalue weighted by Crippen LogP contribution is -2.33. The summed E-state index contributed by atoms with van der Waals surface area (Å²) in [6, 6.07) is 4.39. The van der Waals surface area contributed by atoms with E-state index in [9.17, 15) is 22.8 Å². The van der Waals surface area contributed by atoms with Gasteiger partial charge in [0.1, 0.15) is 5.82 Å². The molecule has 32 heavy (non-hydrogen) atoms. The van der Waals surface area contributed by atoms with Crippen LogP contribution in [-0.4, -0.2) is 27.6 Å². The maximum absolute atomic E-state index is 14.7. The van der Waals surface area contributed by atoms with Crippen LogP contribution in [0.25, 0.3) is 10.8 Å². The Balaban J connectivity index is 1.61. The highest BCUT2D eigenvalue weighted by atomic mass is 19.3. The van der Waals surface area contributed by atoms with E-state index in [1.165, 1.54) is 25.2 Å². The highest BCUT2D eigenvalue weighted by Crippen LogP contribution is 2.54. The van der Waals surface area contributed by atoms with Gasteiger partial charge < -0.3 is 14.6 Å². The number of hydrogen-bond acceptors (Lipinski definition) is 5. The molecule has 1 aliphatic carbocycles. The summed E-state index contributed by atoms with van der Waals surface area (Å²) in [6.07, 6.45) is -0.518. The molecule has 1 unspecified atom stereocenters. The molecule has 0 spiro atoms. The van der Waals surface area contributed by atoms with Crippen molar-refractivity contribution in [1.82, 2.24) is 14.3 Å². The highest BCUT2D eigenvalue weighted by molar-refractivity contribution is 5.90. The van der Waals surface area contributed by atoms with Gasteiger partial charge in [0.25, 0.3) is 17.5 Å². The molecule has 1 aliphatic heterocycles. The van der Waals surface area contributed by atoms with Gasteiger partial charge in [0.2, 0.25) is 0 Å². The first-order chi connectivity index (χ1) is 15.2. The first-order valence-electron chi connectivity index (χ1n) is 10.3. The zero-order valence-electron chi connectivity index (χ0n) is 17.4. The third-order valence-electron chi connectivity index (χ3n) is 6.55. The quantitative estimate of drug-likeness (QED) is 0.652. The van der Waals surface area contributed by atoms with Gasteiger partial charge in [-0.25, -0.2) is 17.9 Å². The largest absolute Gasteiger partial charge is 0.379 e. The lowest BCUT2D eigenvalue weighted by molar-refractivity contribution is 0.146. The molecule has 168 valence electrons. The molecule has 0 bridgehead atoms. The monoisotopic (exact) mass is 446 g/mol. The predicted molar refractivity (Wildman–Crippen MR) is 112 cm³/mol. The lowest BCUT2D eigenvalue weighted by atomic mass is 10.0. The molecule has 3 atom stereocenters. The van der Waals surface area contributed by atoms with Crippen LogP contribution in [0, 0.1) is 11.7 Å². The standard InChI is InChI=1S/C22H21F3N4O3/c1-11(13-4-3-5-14(18(13)23)19(24)25)26-20-16-8-29(22-7-12(22)9-32-10-22)17(30)6-15(16)21(31)28(2)27-20/h3-6,8,11-12,19H,7,9-10H2,1-2H3,(H,26,27)/t11?,12-,22-/m1/s1. The summed E-state index contributed by atoms with van der Waals surface area (Å²) in [6.45, 7) is 2.62. The van der Waals surface area contributed by atoms with E-state index >= 15 is 0 Å². The second-order valence-corrected chi connectivity index (χ2v) is 8.52. The van der Waals surface area contributed by atoms with Gasteiger partial charge in [-0.05, 0) is 13.3 Å². The van der Waals surface area contributed by atoms with Crippen molar-refractivity contribution in [1.29, 1.82) is 0 Å². The van der Waals surface area contributed by atoms with Crippen LogP contribution in [-0.2, 0) is 17.3 Å². The molecular weight excluding hydrogens is 425 g/mol. The number of nitrogens with one attached hydrogen (secondary N) is 1. The van der Waals surface area contributed by atoms with E-state index in [0.29, 0.717) is 18.6 Å². The van der Waals surface area contributed by atoms with Crippen molar-refractivity contribution in [2.45, 2.75) is 31.4 Å². The lowest BCUT2D eigenvalue weighted by Gasteiger charge is -2.20. The molecule has 3 heterocycles. The SMILES string of the molecule is CC(Nc1nn(C)c(=O)c2cc(=O)n([C@]34COC[C@H]3C4)cc12)c1cccc(C(F)F)c1F. The van der Waals surface area contributed by atoms with E-state index in [1.54, 1.807) is 17.7 Å². The molecule has 1 aromatic carbocycles. The maximum atomic E-state index is 14.7. The van der Waals surface area contributed by atoms with E-state index in [0.717, 1.165) is 17.2 Å². The minimum Gasteiger partial charge on any atom is -0.379 e. The Morgan fingerprint density at radius 2 is 2.00 bits per heavy atom. The Kier molecular flexibility index (Phi) is 4.66. The second kappa shape index (κ2) is 7.19. The smallest absolute Gasteiger partial charge is 0.274 e. The molecule has 1 saturated carbocycles. The molecule has 7 nitrogen and oxygen atoms in total. The van der Waals surface area contributed by atoms with Crippen LogP contribution in [0.4, 0.5) is 19.0 Å². The summed E-state index contributed by atoms with van der Waals surface area (Å²) >= 11 is 0. The first kappa shape index (κ1) is 20.7.